The Morgan fingerprint density at radius 1 is 1.39 bits per heavy atom. The largest absolute Gasteiger partial charge is 0.378 e. The third-order valence-corrected chi connectivity index (χ3v) is 3.43. The summed E-state index contributed by atoms with van der Waals surface area (Å²) in [4.78, 5) is 0. The lowest BCUT2D eigenvalue weighted by Crippen LogP contribution is -2.45. The fraction of sp³-hybridized carbons (Fsp3) is 0.538. The van der Waals surface area contributed by atoms with Gasteiger partial charge in [0.05, 0.1) is 12.6 Å². The van der Waals surface area contributed by atoms with Gasteiger partial charge in [0, 0.05) is 18.8 Å². The molecule has 0 radical (unpaired) electrons. The highest BCUT2D eigenvalue weighted by Gasteiger charge is 2.29. The van der Waals surface area contributed by atoms with Gasteiger partial charge in [-0.2, -0.15) is 0 Å². The number of nitrogens with one attached hydrogen (secondary N) is 1. The summed E-state index contributed by atoms with van der Waals surface area (Å²) in [6.07, 6.45) is 4.65. The van der Waals surface area contributed by atoms with E-state index in [-0.39, 0.29) is 0 Å². The van der Waals surface area contributed by atoms with Crippen LogP contribution in [0.15, 0.2) is 24.4 Å². The van der Waals surface area contributed by atoms with Crippen LogP contribution in [0.3, 0.4) is 0 Å². The number of hydrogen-bond acceptors (Lipinski definition) is 4. The summed E-state index contributed by atoms with van der Waals surface area (Å²) in [7, 11) is 0. The van der Waals surface area contributed by atoms with Crippen LogP contribution in [0.2, 0.25) is 0 Å². The maximum Gasteiger partial charge on any atom is 0.160 e. The molecule has 0 bridgehead atoms. The number of ether oxygens (including phenoxy) is 1. The number of rotatable bonds is 5. The third kappa shape index (κ3) is 2.23. The number of fused-ring (bicyclic) bond motifs is 1. The van der Waals surface area contributed by atoms with E-state index < -0.39 is 0 Å². The first kappa shape index (κ1) is 11.6. The van der Waals surface area contributed by atoms with Crippen molar-refractivity contribution in [3.8, 4) is 0 Å². The smallest absolute Gasteiger partial charge is 0.160 e. The standard InChI is InChI=1S/C13H18N4O/c1-2-18-11-7-10(8-11)14-9-13-16-15-12-5-3-4-6-17(12)13/h3-6,10-11,14H,2,7-9H2,1H3. The lowest BCUT2D eigenvalue weighted by molar-refractivity contribution is -0.0103. The first-order valence-corrected chi connectivity index (χ1v) is 6.50. The molecule has 2 heterocycles. The molecule has 1 aliphatic carbocycles. The lowest BCUT2D eigenvalue weighted by atomic mass is 9.89. The van der Waals surface area contributed by atoms with Gasteiger partial charge in [-0.05, 0) is 31.9 Å². The monoisotopic (exact) mass is 246 g/mol. The summed E-state index contributed by atoms with van der Waals surface area (Å²) in [6.45, 7) is 3.62. The maximum absolute atomic E-state index is 5.54. The molecule has 0 aliphatic heterocycles. The summed E-state index contributed by atoms with van der Waals surface area (Å²) in [6, 6.07) is 6.48. The van der Waals surface area contributed by atoms with E-state index in [9.17, 15) is 0 Å². The summed E-state index contributed by atoms with van der Waals surface area (Å²) in [5.74, 6) is 0.963. The highest BCUT2D eigenvalue weighted by molar-refractivity contribution is 5.36. The molecule has 5 heteroatoms. The van der Waals surface area contributed by atoms with Crippen LogP contribution in [-0.4, -0.2) is 33.4 Å². The molecule has 1 aliphatic rings. The Labute approximate surface area is 106 Å². The third-order valence-electron chi connectivity index (χ3n) is 3.43. The van der Waals surface area contributed by atoms with Crippen molar-refractivity contribution in [1.29, 1.82) is 0 Å². The van der Waals surface area contributed by atoms with Crippen LogP contribution in [-0.2, 0) is 11.3 Å². The number of pyridine rings is 1. The zero-order chi connectivity index (χ0) is 12.4. The molecule has 18 heavy (non-hydrogen) atoms. The van der Waals surface area contributed by atoms with Gasteiger partial charge in [-0.15, -0.1) is 10.2 Å². The van der Waals surface area contributed by atoms with Gasteiger partial charge in [-0.3, -0.25) is 4.40 Å². The molecule has 0 aromatic carbocycles. The van der Waals surface area contributed by atoms with Crippen molar-refractivity contribution in [2.75, 3.05) is 6.61 Å². The number of hydrogen-bond donors (Lipinski definition) is 1. The quantitative estimate of drug-likeness (QED) is 0.866. The van der Waals surface area contributed by atoms with Crippen molar-refractivity contribution < 1.29 is 4.74 Å². The van der Waals surface area contributed by atoms with Gasteiger partial charge < -0.3 is 10.1 Å². The molecule has 3 rings (SSSR count). The van der Waals surface area contributed by atoms with Crippen molar-refractivity contribution in [1.82, 2.24) is 19.9 Å². The van der Waals surface area contributed by atoms with E-state index in [1.165, 1.54) is 0 Å². The molecule has 2 aromatic rings. The van der Waals surface area contributed by atoms with Gasteiger partial charge in [0.1, 0.15) is 0 Å². The van der Waals surface area contributed by atoms with Crippen molar-refractivity contribution in [3.05, 3.63) is 30.2 Å². The predicted octanol–water partition coefficient (Wildman–Crippen LogP) is 1.39. The Hall–Kier alpha value is -1.46. The average Bonchev–Trinajstić information content (AvgIpc) is 2.75. The average molecular weight is 246 g/mol. The lowest BCUT2D eigenvalue weighted by Gasteiger charge is -2.35. The zero-order valence-corrected chi connectivity index (χ0v) is 10.5. The predicted molar refractivity (Wildman–Crippen MR) is 68.3 cm³/mol. The molecule has 0 spiro atoms. The van der Waals surface area contributed by atoms with Gasteiger partial charge >= 0.3 is 0 Å². The summed E-state index contributed by atoms with van der Waals surface area (Å²) >= 11 is 0. The minimum absolute atomic E-state index is 0.447. The second-order valence-electron chi connectivity index (χ2n) is 4.67. The second-order valence-corrected chi connectivity index (χ2v) is 4.67. The van der Waals surface area contributed by atoms with E-state index >= 15 is 0 Å². The van der Waals surface area contributed by atoms with Gasteiger partial charge in [-0.25, -0.2) is 0 Å². The minimum atomic E-state index is 0.447. The molecule has 0 unspecified atom stereocenters. The van der Waals surface area contributed by atoms with E-state index in [4.69, 9.17) is 4.74 Å². The molecule has 1 N–H and O–H groups in total. The number of nitrogens with zero attached hydrogens (tertiary/aromatic N) is 3. The summed E-state index contributed by atoms with van der Waals surface area (Å²) in [5, 5.41) is 11.8. The molecule has 0 saturated heterocycles. The molecular weight excluding hydrogens is 228 g/mol. The van der Waals surface area contributed by atoms with Crippen LogP contribution in [0.25, 0.3) is 5.65 Å². The second kappa shape index (κ2) is 5.04. The Balaban J connectivity index is 1.55. The fourth-order valence-corrected chi connectivity index (χ4v) is 2.35. The molecule has 1 fully saturated rings. The molecule has 1 saturated carbocycles. The Morgan fingerprint density at radius 2 is 2.28 bits per heavy atom. The van der Waals surface area contributed by atoms with Crippen molar-refractivity contribution in [3.63, 3.8) is 0 Å². The van der Waals surface area contributed by atoms with Gasteiger partial charge in [0.2, 0.25) is 0 Å². The van der Waals surface area contributed by atoms with E-state index in [0.29, 0.717) is 12.1 Å². The molecule has 0 amide bonds. The number of aromatic nitrogens is 3. The van der Waals surface area contributed by atoms with Crippen molar-refractivity contribution in [2.24, 2.45) is 0 Å². The first-order chi connectivity index (χ1) is 8.86. The van der Waals surface area contributed by atoms with Crippen LogP contribution in [0.5, 0.6) is 0 Å². The van der Waals surface area contributed by atoms with Crippen LogP contribution in [0.1, 0.15) is 25.6 Å². The molecular formula is C13H18N4O. The summed E-state index contributed by atoms with van der Waals surface area (Å²) < 4.78 is 7.56. The summed E-state index contributed by atoms with van der Waals surface area (Å²) in [5.41, 5.74) is 0.898. The van der Waals surface area contributed by atoms with Gasteiger partial charge in [0.25, 0.3) is 0 Å². The Kier molecular flexibility index (Phi) is 3.25. The SMILES string of the molecule is CCOC1CC(NCc2nnc3ccccn23)C1. The van der Waals surface area contributed by atoms with E-state index in [0.717, 1.165) is 37.5 Å². The van der Waals surface area contributed by atoms with Crippen molar-refractivity contribution in [2.45, 2.75) is 38.5 Å². The molecule has 96 valence electrons. The highest BCUT2D eigenvalue weighted by atomic mass is 16.5. The maximum atomic E-state index is 5.54. The van der Waals surface area contributed by atoms with Gasteiger partial charge in [-0.1, -0.05) is 6.07 Å². The van der Waals surface area contributed by atoms with E-state index in [2.05, 4.69) is 15.5 Å². The van der Waals surface area contributed by atoms with Crippen molar-refractivity contribution >= 4 is 5.65 Å². The van der Waals surface area contributed by atoms with Gasteiger partial charge in [0.15, 0.2) is 11.5 Å². The van der Waals surface area contributed by atoms with Crippen LogP contribution < -0.4 is 5.32 Å². The fourth-order valence-electron chi connectivity index (χ4n) is 2.35. The first-order valence-electron chi connectivity index (χ1n) is 6.50. The molecule has 0 atom stereocenters. The van der Waals surface area contributed by atoms with E-state index in [1.807, 2.05) is 35.7 Å². The topological polar surface area (TPSA) is 51.5 Å². The van der Waals surface area contributed by atoms with Crippen LogP contribution in [0, 0.1) is 0 Å². The Morgan fingerprint density at radius 3 is 3.11 bits per heavy atom. The van der Waals surface area contributed by atoms with E-state index in [1.54, 1.807) is 0 Å². The van der Waals surface area contributed by atoms with Crippen LogP contribution >= 0.6 is 0 Å². The highest BCUT2D eigenvalue weighted by Crippen LogP contribution is 2.23. The molecule has 5 nitrogen and oxygen atoms in total. The Bertz CT molecular complexity index is 518. The normalized spacial score (nSPS) is 23.2. The van der Waals surface area contributed by atoms with Crippen LogP contribution in [0.4, 0.5) is 0 Å². The molecule has 2 aromatic heterocycles. The zero-order valence-electron chi connectivity index (χ0n) is 10.5. The minimum Gasteiger partial charge on any atom is -0.378 e.